The second-order valence-corrected chi connectivity index (χ2v) is 15.7. The van der Waals surface area contributed by atoms with Crippen LogP contribution in [0.1, 0.15) is 78.6 Å². The Morgan fingerprint density at radius 3 is 2.09 bits per heavy atom. The van der Waals surface area contributed by atoms with Crippen LogP contribution in [0.25, 0.3) is 21.8 Å². The maximum Gasteiger partial charge on any atom is 0.319 e. The van der Waals surface area contributed by atoms with Crippen molar-refractivity contribution in [1.29, 1.82) is 0 Å². The van der Waals surface area contributed by atoms with Crippen molar-refractivity contribution in [3.8, 4) is 0 Å². The molecule has 55 heavy (non-hydrogen) atoms. The summed E-state index contributed by atoms with van der Waals surface area (Å²) in [6, 6.07) is 11.9. The third-order valence-electron chi connectivity index (χ3n) is 12.4. The highest BCUT2D eigenvalue weighted by Crippen LogP contribution is 2.36. The highest BCUT2D eigenvalue weighted by Gasteiger charge is 2.45. The van der Waals surface area contributed by atoms with E-state index >= 15 is 0 Å². The largest absolute Gasteiger partial charge is 0.375 e. The maximum atomic E-state index is 14.1. The molecule has 0 radical (unpaired) electrons. The van der Waals surface area contributed by atoms with Gasteiger partial charge in [0.1, 0.15) is 6.04 Å². The zero-order valence-electron chi connectivity index (χ0n) is 30.7. The maximum absolute atomic E-state index is 14.1. The van der Waals surface area contributed by atoms with E-state index in [0.717, 1.165) is 116 Å². The molecule has 4 amide bonds. The van der Waals surface area contributed by atoms with Gasteiger partial charge >= 0.3 is 6.55 Å². The Bertz CT molecular complexity index is 2150. The Morgan fingerprint density at radius 2 is 1.38 bits per heavy atom. The van der Waals surface area contributed by atoms with Crippen LogP contribution in [0.15, 0.2) is 54.9 Å². The molecule has 2 aromatic heterocycles. The Labute approximate surface area is 317 Å². The Morgan fingerprint density at radius 1 is 0.727 bits per heavy atom. The van der Waals surface area contributed by atoms with Crippen LogP contribution in [-0.2, 0) is 14.3 Å². The van der Waals surface area contributed by atoms with Crippen molar-refractivity contribution in [2.45, 2.75) is 76.2 Å². The van der Waals surface area contributed by atoms with Crippen LogP contribution in [0.4, 0.5) is 20.2 Å². The Kier molecular flexibility index (Phi) is 9.49. The van der Waals surface area contributed by atoms with Crippen molar-refractivity contribution in [2.24, 2.45) is 5.92 Å². The van der Waals surface area contributed by atoms with Crippen LogP contribution in [0.5, 0.6) is 0 Å². The summed E-state index contributed by atoms with van der Waals surface area (Å²) < 4.78 is 36.0. The average Bonchev–Trinajstić information content (AvgIpc) is 3.66. The molecule has 288 valence electrons. The highest BCUT2D eigenvalue weighted by atomic mass is 19.3. The fourth-order valence-corrected chi connectivity index (χ4v) is 9.43. The second-order valence-electron chi connectivity index (χ2n) is 15.7. The van der Waals surface area contributed by atoms with Crippen LogP contribution in [0.2, 0.25) is 0 Å². The molecule has 5 aliphatic heterocycles. The van der Waals surface area contributed by atoms with E-state index in [2.05, 4.69) is 25.0 Å². The van der Waals surface area contributed by atoms with Crippen molar-refractivity contribution >= 4 is 56.8 Å². The topological polar surface area (TPSA) is 120 Å². The molecule has 0 bridgehead atoms. The lowest BCUT2D eigenvalue weighted by atomic mass is 9.94. The van der Waals surface area contributed by atoms with E-state index in [1.807, 2.05) is 24.3 Å². The molecule has 5 aliphatic rings. The first-order valence-corrected chi connectivity index (χ1v) is 19.6. The van der Waals surface area contributed by atoms with Crippen molar-refractivity contribution in [1.82, 2.24) is 24.7 Å². The van der Waals surface area contributed by atoms with Gasteiger partial charge < -0.3 is 19.4 Å². The summed E-state index contributed by atoms with van der Waals surface area (Å²) in [5.74, 6) is -1.37. The standard InChI is InChI=1S/C41H45F2N7O5/c42-41(43)49-34-7-14-44-23-33(34)30-3-1-27(22-36(30)49)48-19-12-29(13-20-48)55-28-10-15-46(16-11-28)24-25-8-17-47(18-9-25)26-2-4-31-32(21-26)40(54)50(39(31)53)35-5-6-37(51)45-38(35)52/h1-4,7,14,21-23,25,28-29,35,41H,5-6,8-13,15-20,24H2,(H,45,51,52). The monoisotopic (exact) mass is 753 g/mol. The quantitative estimate of drug-likeness (QED) is 0.238. The number of pyridine rings is 1. The molecule has 1 unspecified atom stereocenters. The molecular weight excluding hydrogens is 708 g/mol. The van der Waals surface area contributed by atoms with Crippen molar-refractivity contribution in [2.75, 3.05) is 55.6 Å². The number of carbonyl (C=O) groups is 4. The number of amides is 4. The minimum atomic E-state index is -2.63. The van der Waals surface area contributed by atoms with Crippen LogP contribution in [0.3, 0.4) is 0 Å². The number of aromatic nitrogens is 2. The molecular formula is C41H45F2N7O5. The third kappa shape index (κ3) is 6.73. The molecule has 1 atom stereocenters. The number of hydrogen-bond donors (Lipinski definition) is 1. The average molecular weight is 754 g/mol. The van der Waals surface area contributed by atoms with Gasteiger partial charge in [-0.2, -0.15) is 8.78 Å². The highest BCUT2D eigenvalue weighted by molar-refractivity contribution is 6.23. The summed E-state index contributed by atoms with van der Waals surface area (Å²) in [4.78, 5) is 62.7. The minimum Gasteiger partial charge on any atom is -0.375 e. The predicted octanol–water partition coefficient (Wildman–Crippen LogP) is 5.35. The summed E-state index contributed by atoms with van der Waals surface area (Å²) in [6.07, 6.45) is 9.82. The number of alkyl halides is 2. The lowest BCUT2D eigenvalue weighted by Crippen LogP contribution is -2.54. The normalized spacial score (nSPS) is 22.5. The molecule has 1 N–H and O–H groups in total. The van der Waals surface area contributed by atoms with Gasteiger partial charge in [0.15, 0.2) is 0 Å². The van der Waals surface area contributed by atoms with Crippen molar-refractivity contribution in [3.63, 3.8) is 0 Å². The zero-order valence-corrected chi connectivity index (χ0v) is 30.7. The number of nitrogens with zero attached hydrogens (tertiary/aromatic N) is 6. The van der Waals surface area contributed by atoms with Crippen LogP contribution in [-0.4, -0.2) is 107 Å². The van der Waals surface area contributed by atoms with E-state index in [-0.39, 0.29) is 31.0 Å². The molecule has 4 fully saturated rings. The number of imide groups is 2. The minimum absolute atomic E-state index is 0.0957. The van der Waals surface area contributed by atoms with E-state index in [4.69, 9.17) is 4.74 Å². The van der Waals surface area contributed by atoms with E-state index in [1.54, 1.807) is 30.6 Å². The number of hydrogen-bond acceptors (Lipinski definition) is 9. The van der Waals surface area contributed by atoms with Crippen molar-refractivity contribution < 1.29 is 32.7 Å². The van der Waals surface area contributed by atoms with E-state index in [0.29, 0.717) is 28.1 Å². The third-order valence-corrected chi connectivity index (χ3v) is 12.4. The SMILES string of the molecule is O=C1CCC(N2C(=O)c3ccc(N4CCC(CN5CCC(OC6CCN(c7ccc8c9cnccc9n(C(F)F)c8c7)CC6)CC5)CC4)cc3C2=O)C(=O)N1. The predicted molar refractivity (Wildman–Crippen MR) is 202 cm³/mol. The lowest BCUT2D eigenvalue weighted by molar-refractivity contribution is -0.136. The second kappa shape index (κ2) is 14.6. The molecule has 12 nitrogen and oxygen atoms in total. The molecule has 4 saturated heterocycles. The van der Waals surface area contributed by atoms with Crippen molar-refractivity contribution in [3.05, 3.63) is 66.0 Å². The van der Waals surface area contributed by atoms with Gasteiger partial charge in [-0.25, -0.2) is 0 Å². The Hall–Kier alpha value is -4.95. The van der Waals surface area contributed by atoms with Crippen LogP contribution < -0.4 is 15.1 Å². The lowest BCUT2D eigenvalue weighted by Gasteiger charge is -2.40. The van der Waals surface area contributed by atoms with Gasteiger partial charge in [-0.1, -0.05) is 6.07 Å². The van der Waals surface area contributed by atoms with Gasteiger partial charge in [0.25, 0.3) is 11.8 Å². The molecule has 0 aliphatic carbocycles. The van der Waals surface area contributed by atoms with Gasteiger partial charge in [-0.15, -0.1) is 0 Å². The number of rotatable bonds is 8. The summed E-state index contributed by atoms with van der Waals surface area (Å²) in [5.41, 5.74) is 3.51. The fourth-order valence-electron chi connectivity index (χ4n) is 9.43. The van der Waals surface area contributed by atoms with Gasteiger partial charge in [0, 0.05) is 86.8 Å². The van der Waals surface area contributed by atoms with Crippen LogP contribution >= 0.6 is 0 Å². The Balaban J connectivity index is 0.724. The number of nitrogens with one attached hydrogen (secondary N) is 1. The summed E-state index contributed by atoms with van der Waals surface area (Å²) >= 11 is 0. The van der Waals surface area contributed by atoms with E-state index < -0.39 is 30.3 Å². The van der Waals surface area contributed by atoms with Gasteiger partial charge in [-0.05, 0) is 87.3 Å². The molecule has 14 heteroatoms. The van der Waals surface area contributed by atoms with Gasteiger partial charge in [0.2, 0.25) is 11.8 Å². The molecule has 0 spiro atoms. The number of likely N-dealkylation sites (tertiary alicyclic amines) is 1. The number of ether oxygens (including phenoxy) is 1. The van der Waals surface area contributed by atoms with Crippen LogP contribution in [0, 0.1) is 5.92 Å². The zero-order chi connectivity index (χ0) is 37.8. The van der Waals surface area contributed by atoms with Gasteiger partial charge in [0.05, 0.1) is 34.4 Å². The first-order valence-electron chi connectivity index (χ1n) is 19.6. The molecule has 2 aromatic carbocycles. The van der Waals surface area contributed by atoms with E-state index in [1.165, 1.54) is 0 Å². The number of carbonyl (C=O) groups excluding carboxylic acids is 4. The molecule has 7 heterocycles. The number of fused-ring (bicyclic) bond motifs is 4. The van der Waals surface area contributed by atoms with Gasteiger partial charge in [-0.3, -0.25) is 38.9 Å². The molecule has 9 rings (SSSR count). The summed E-state index contributed by atoms with van der Waals surface area (Å²) in [5, 5.41) is 3.77. The molecule has 4 aromatic rings. The molecule has 0 saturated carbocycles. The number of piperidine rings is 4. The fraction of sp³-hybridized carbons (Fsp3) is 0.488. The summed E-state index contributed by atoms with van der Waals surface area (Å²) in [7, 11) is 0. The summed E-state index contributed by atoms with van der Waals surface area (Å²) in [6.45, 7) is 3.83. The number of anilines is 2. The smallest absolute Gasteiger partial charge is 0.319 e. The van der Waals surface area contributed by atoms with E-state index in [9.17, 15) is 28.0 Å². The first kappa shape index (κ1) is 35.7. The number of halogens is 2. The first-order chi connectivity index (χ1) is 26.7. The number of benzene rings is 2.